The molecule has 3 N–H and O–H groups in total. The molecule has 0 bridgehead atoms. The molecule has 0 spiro atoms. The van der Waals surface area contributed by atoms with E-state index in [1.807, 2.05) is 0 Å². The van der Waals surface area contributed by atoms with E-state index in [1.54, 1.807) is 0 Å². The summed E-state index contributed by atoms with van der Waals surface area (Å²) < 4.78 is 0. The van der Waals surface area contributed by atoms with Gasteiger partial charge in [0, 0.05) is 6.04 Å². The van der Waals surface area contributed by atoms with Crippen molar-refractivity contribution < 1.29 is 0 Å². The van der Waals surface area contributed by atoms with E-state index in [-0.39, 0.29) is 6.04 Å². The molecular formula is C15H26N2. The summed E-state index contributed by atoms with van der Waals surface area (Å²) in [7, 11) is 0. The fraction of sp³-hybridized carbons (Fsp3) is 0.600. The minimum atomic E-state index is 0.241. The molecule has 17 heavy (non-hydrogen) atoms. The quantitative estimate of drug-likeness (QED) is 0.584. The molecular weight excluding hydrogens is 208 g/mol. The lowest BCUT2D eigenvalue weighted by molar-refractivity contribution is 0.306. The van der Waals surface area contributed by atoms with Gasteiger partial charge in [-0.05, 0) is 29.4 Å². The first-order valence-electron chi connectivity index (χ1n) is 6.65. The van der Waals surface area contributed by atoms with Gasteiger partial charge in [-0.1, -0.05) is 58.4 Å². The first-order chi connectivity index (χ1) is 8.10. The number of rotatable bonds is 6. The molecule has 0 saturated carbocycles. The predicted molar refractivity (Wildman–Crippen MR) is 74.5 cm³/mol. The number of nitrogens with one attached hydrogen (secondary N) is 1. The summed E-state index contributed by atoms with van der Waals surface area (Å²) in [6, 6.07) is 9.08. The highest BCUT2D eigenvalue weighted by Gasteiger charge is 2.20. The minimum absolute atomic E-state index is 0.241. The molecule has 0 heterocycles. The van der Waals surface area contributed by atoms with Gasteiger partial charge in [0.25, 0.3) is 0 Å². The average molecular weight is 234 g/mol. The van der Waals surface area contributed by atoms with Crippen LogP contribution in [0.2, 0.25) is 0 Å². The standard InChI is InChI=1S/C15H26N2/c1-5-6-13-7-9-14(10-8-13)15(17-16)12(4)11(2)3/h7-12,15,17H,5-6,16H2,1-4H3. The molecule has 0 fully saturated rings. The van der Waals surface area contributed by atoms with Crippen LogP contribution in [0.5, 0.6) is 0 Å². The van der Waals surface area contributed by atoms with Crippen molar-refractivity contribution in [2.75, 3.05) is 0 Å². The lowest BCUT2D eigenvalue weighted by Crippen LogP contribution is -2.34. The summed E-state index contributed by atoms with van der Waals surface area (Å²) >= 11 is 0. The fourth-order valence-electron chi connectivity index (χ4n) is 2.12. The topological polar surface area (TPSA) is 38.0 Å². The Morgan fingerprint density at radius 1 is 1.12 bits per heavy atom. The van der Waals surface area contributed by atoms with Gasteiger partial charge >= 0.3 is 0 Å². The van der Waals surface area contributed by atoms with E-state index in [9.17, 15) is 0 Å². The Morgan fingerprint density at radius 2 is 1.71 bits per heavy atom. The molecule has 0 saturated heterocycles. The average Bonchev–Trinajstić information content (AvgIpc) is 2.32. The summed E-state index contributed by atoms with van der Waals surface area (Å²) in [5.41, 5.74) is 5.64. The first kappa shape index (κ1) is 14.2. The summed E-state index contributed by atoms with van der Waals surface area (Å²) in [6.45, 7) is 8.93. The molecule has 2 heteroatoms. The summed E-state index contributed by atoms with van der Waals surface area (Å²) in [6.07, 6.45) is 2.35. The summed E-state index contributed by atoms with van der Waals surface area (Å²) in [5.74, 6) is 6.83. The summed E-state index contributed by atoms with van der Waals surface area (Å²) in [5, 5.41) is 0. The highest BCUT2D eigenvalue weighted by molar-refractivity contribution is 5.25. The number of hydrogen-bond donors (Lipinski definition) is 2. The zero-order chi connectivity index (χ0) is 12.8. The van der Waals surface area contributed by atoms with Crippen LogP contribution < -0.4 is 11.3 Å². The second kappa shape index (κ2) is 6.77. The number of nitrogens with two attached hydrogens (primary N) is 1. The van der Waals surface area contributed by atoms with E-state index >= 15 is 0 Å². The molecule has 1 aromatic carbocycles. The molecule has 1 aromatic rings. The van der Waals surface area contributed by atoms with Gasteiger partial charge in [-0.2, -0.15) is 0 Å². The van der Waals surface area contributed by atoms with E-state index in [4.69, 9.17) is 5.84 Å². The maximum atomic E-state index is 5.69. The van der Waals surface area contributed by atoms with Crippen molar-refractivity contribution in [3.63, 3.8) is 0 Å². The van der Waals surface area contributed by atoms with Gasteiger partial charge < -0.3 is 0 Å². The van der Waals surface area contributed by atoms with Crippen LogP contribution in [-0.2, 0) is 6.42 Å². The second-order valence-electron chi connectivity index (χ2n) is 5.24. The molecule has 2 nitrogen and oxygen atoms in total. The lowest BCUT2D eigenvalue weighted by atomic mass is 9.86. The van der Waals surface area contributed by atoms with Crippen LogP contribution >= 0.6 is 0 Å². The Bertz CT molecular complexity index is 316. The lowest BCUT2D eigenvalue weighted by Gasteiger charge is -2.26. The van der Waals surface area contributed by atoms with Gasteiger partial charge in [0.2, 0.25) is 0 Å². The normalized spacial score (nSPS) is 14.9. The van der Waals surface area contributed by atoms with Crippen LogP contribution in [0, 0.1) is 11.8 Å². The summed E-state index contributed by atoms with van der Waals surface area (Å²) in [4.78, 5) is 0. The Balaban J connectivity index is 2.82. The Labute approximate surface area is 106 Å². The molecule has 0 aliphatic heterocycles. The van der Waals surface area contributed by atoms with Gasteiger partial charge in [0.1, 0.15) is 0 Å². The monoisotopic (exact) mass is 234 g/mol. The second-order valence-corrected chi connectivity index (χ2v) is 5.24. The first-order valence-corrected chi connectivity index (χ1v) is 6.65. The third-order valence-electron chi connectivity index (χ3n) is 3.63. The van der Waals surface area contributed by atoms with Gasteiger partial charge in [-0.15, -0.1) is 0 Å². The number of hydrazine groups is 1. The number of aryl methyl sites for hydroxylation is 1. The van der Waals surface area contributed by atoms with Crippen LogP contribution in [0.1, 0.15) is 51.3 Å². The Morgan fingerprint density at radius 3 is 2.12 bits per heavy atom. The molecule has 2 atom stereocenters. The highest BCUT2D eigenvalue weighted by Crippen LogP contribution is 2.27. The molecule has 2 unspecified atom stereocenters. The van der Waals surface area contributed by atoms with Crippen molar-refractivity contribution in [1.82, 2.24) is 5.43 Å². The van der Waals surface area contributed by atoms with Gasteiger partial charge in [-0.3, -0.25) is 11.3 Å². The van der Waals surface area contributed by atoms with Crippen molar-refractivity contribution in [1.29, 1.82) is 0 Å². The van der Waals surface area contributed by atoms with E-state index in [1.165, 1.54) is 17.5 Å². The molecule has 0 aliphatic carbocycles. The van der Waals surface area contributed by atoms with Gasteiger partial charge in [0.05, 0.1) is 0 Å². The zero-order valence-corrected chi connectivity index (χ0v) is 11.5. The molecule has 0 radical (unpaired) electrons. The van der Waals surface area contributed by atoms with E-state index in [0.717, 1.165) is 6.42 Å². The van der Waals surface area contributed by atoms with Crippen molar-refractivity contribution in [2.45, 2.75) is 46.6 Å². The third kappa shape index (κ3) is 3.83. The maximum absolute atomic E-state index is 5.69. The van der Waals surface area contributed by atoms with Crippen molar-refractivity contribution in [3.05, 3.63) is 35.4 Å². The van der Waals surface area contributed by atoms with Crippen LogP contribution in [0.4, 0.5) is 0 Å². The van der Waals surface area contributed by atoms with Gasteiger partial charge in [-0.25, -0.2) is 0 Å². The van der Waals surface area contributed by atoms with Crippen LogP contribution in [0.15, 0.2) is 24.3 Å². The maximum Gasteiger partial charge on any atom is 0.0487 e. The zero-order valence-electron chi connectivity index (χ0n) is 11.5. The molecule has 0 aromatic heterocycles. The molecule has 1 rings (SSSR count). The molecule has 0 aliphatic rings. The number of benzene rings is 1. The fourth-order valence-corrected chi connectivity index (χ4v) is 2.12. The molecule has 96 valence electrons. The van der Waals surface area contributed by atoms with Crippen molar-refractivity contribution in [2.24, 2.45) is 17.7 Å². The minimum Gasteiger partial charge on any atom is -0.271 e. The molecule has 0 amide bonds. The smallest absolute Gasteiger partial charge is 0.0487 e. The number of hydrogen-bond acceptors (Lipinski definition) is 2. The Hall–Kier alpha value is -0.860. The van der Waals surface area contributed by atoms with Gasteiger partial charge in [0.15, 0.2) is 0 Å². The van der Waals surface area contributed by atoms with E-state index in [0.29, 0.717) is 11.8 Å². The van der Waals surface area contributed by atoms with Crippen LogP contribution in [0.25, 0.3) is 0 Å². The predicted octanol–water partition coefficient (Wildman–Crippen LogP) is 3.44. The van der Waals surface area contributed by atoms with Crippen LogP contribution in [-0.4, -0.2) is 0 Å². The highest BCUT2D eigenvalue weighted by atomic mass is 15.2. The SMILES string of the molecule is CCCc1ccc(C(NN)C(C)C(C)C)cc1. The van der Waals surface area contributed by atoms with Crippen LogP contribution in [0.3, 0.4) is 0 Å². The third-order valence-corrected chi connectivity index (χ3v) is 3.63. The van der Waals surface area contributed by atoms with E-state index < -0.39 is 0 Å². The van der Waals surface area contributed by atoms with Crippen molar-refractivity contribution >= 4 is 0 Å². The van der Waals surface area contributed by atoms with Crippen molar-refractivity contribution in [3.8, 4) is 0 Å². The largest absolute Gasteiger partial charge is 0.271 e. The van der Waals surface area contributed by atoms with E-state index in [2.05, 4.69) is 57.4 Å². The Kier molecular flexibility index (Phi) is 5.66.